The van der Waals surface area contributed by atoms with E-state index in [-0.39, 0.29) is 0 Å². The van der Waals surface area contributed by atoms with E-state index in [1.165, 1.54) is 0 Å². The van der Waals surface area contributed by atoms with E-state index in [2.05, 4.69) is 18.1 Å². The molecule has 2 aromatic rings. The molecule has 0 aliphatic rings. The highest BCUT2D eigenvalue weighted by Gasteiger charge is 2.06. The van der Waals surface area contributed by atoms with E-state index in [0.717, 1.165) is 16.7 Å². The molecule has 0 aliphatic carbocycles. The summed E-state index contributed by atoms with van der Waals surface area (Å²) in [5, 5.41) is 0. The maximum atomic E-state index is 5.39. The molecule has 0 atom stereocenters. The Morgan fingerprint density at radius 2 is 1.88 bits per heavy atom. The molecule has 0 fully saturated rings. The van der Waals surface area contributed by atoms with Gasteiger partial charge in [-0.2, -0.15) is 0 Å². The fourth-order valence-electron chi connectivity index (χ4n) is 1.61. The summed E-state index contributed by atoms with van der Waals surface area (Å²) in [6.45, 7) is 3.87. The molecule has 2 nitrogen and oxygen atoms in total. The van der Waals surface area contributed by atoms with Gasteiger partial charge in [0, 0.05) is 11.3 Å². The normalized spacial score (nSPS) is 9.81. The monoisotopic (exact) mass is 209 g/mol. The molecule has 0 bridgehead atoms. The van der Waals surface area contributed by atoms with E-state index in [0.29, 0.717) is 5.70 Å². The lowest BCUT2D eigenvalue weighted by Crippen LogP contribution is -2.19. The summed E-state index contributed by atoms with van der Waals surface area (Å²) in [7, 11) is 0. The maximum Gasteiger partial charge on any atom is 0.0492 e. The van der Waals surface area contributed by atoms with Gasteiger partial charge >= 0.3 is 0 Å². The van der Waals surface area contributed by atoms with Crippen molar-refractivity contribution in [3.8, 4) is 11.1 Å². The summed E-state index contributed by atoms with van der Waals surface area (Å²) in [6, 6.07) is 19.1. The largest absolute Gasteiger partial charge is 0.324 e. The fourth-order valence-corrected chi connectivity index (χ4v) is 1.61. The van der Waals surface area contributed by atoms with Gasteiger partial charge in [0.15, 0.2) is 0 Å². The summed E-state index contributed by atoms with van der Waals surface area (Å²) in [5.74, 6) is 5.39. The summed E-state index contributed by atoms with van der Waals surface area (Å²) in [6.07, 6.45) is 0. The summed E-state index contributed by atoms with van der Waals surface area (Å²) >= 11 is 0. The Kier molecular flexibility index (Phi) is 3.03. The van der Waals surface area contributed by atoms with E-state index in [9.17, 15) is 0 Å². The molecule has 0 saturated heterocycles. The van der Waals surface area contributed by atoms with Crippen LogP contribution in [-0.2, 0) is 0 Å². The van der Waals surface area contributed by atoms with Crippen LogP contribution in [0.3, 0.4) is 0 Å². The minimum absolute atomic E-state index is 0.690. The van der Waals surface area contributed by atoms with Crippen molar-refractivity contribution >= 4 is 5.70 Å². The molecular weight excluding hydrogens is 196 g/mol. The highest BCUT2D eigenvalue weighted by molar-refractivity contribution is 5.79. The van der Waals surface area contributed by atoms with Crippen LogP contribution >= 0.6 is 0 Å². The molecule has 79 valence electrons. The van der Waals surface area contributed by atoms with Crippen LogP contribution in [0, 0.1) is 6.07 Å². The average Bonchev–Trinajstić information content (AvgIpc) is 2.39. The van der Waals surface area contributed by atoms with Crippen molar-refractivity contribution in [1.29, 1.82) is 0 Å². The lowest BCUT2D eigenvalue weighted by Gasteiger charge is -2.10. The van der Waals surface area contributed by atoms with Crippen molar-refractivity contribution in [3.63, 3.8) is 0 Å². The fraction of sp³-hybridized carbons (Fsp3) is 0. The molecule has 0 heterocycles. The molecule has 0 amide bonds. The second-order valence-electron chi connectivity index (χ2n) is 3.45. The third-order valence-electron chi connectivity index (χ3n) is 2.42. The molecule has 0 aromatic heterocycles. The second-order valence-corrected chi connectivity index (χ2v) is 3.45. The molecule has 2 rings (SSSR count). The summed E-state index contributed by atoms with van der Waals surface area (Å²) in [4.78, 5) is 0. The molecule has 0 aliphatic heterocycles. The first-order valence-corrected chi connectivity index (χ1v) is 5.05. The van der Waals surface area contributed by atoms with Crippen molar-refractivity contribution in [2.75, 3.05) is 0 Å². The van der Waals surface area contributed by atoms with E-state index >= 15 is 0 Å². The molecular formula is C14H13N2. The van der Waals surface area contributed by atoms with Crippen molar-refractivity contribution in [2.45, 2.75) is 0 Å². The molecule has 0 unspecified atom stereocenters. The first-order valence-electron chi connectivity index (χ1n) is 5.05. The van der Waals surface area contributed by atoms with Gasteiger partial charge in [0.1, 0.15) is 0 Å². The number of hydrogen-bond donors (Lipinski definition) is 2. The number of rotatable bonds is 3. The number of hydrazine groups is 1. The van der Waals surface area contributed by atoms with Crippen LogP contribution in [0.4, 0.5) is 0 Å². The molecule has 2 aromatic carbocycles. The number of nitrogens with one attached hydrogen (secondary N) is 1. The van der Waals surface area contributed by atoms with Gasteiger partial charge in [-0.1, -0.05) is 55.1 Å². The molecule has 1 radical (unpaired) electrons. The van der Waals surface area contributed by atoms with Gasteiger partial charge in [-0.05, 0) is 17.2 Å². The Hall–Kier alpha value is -2.06. The van der Waals surface area contributed by atoms with Crippen molar-refractivity contribution in [3.05, 3.63) is 66.7 Å². The zero-order chi connectivity index (χ0) is 11.4. The minimum atomic E-state index is 0.690. The SMILES string of the molecule is C=C(NN)c1ccc[c]c1-c1ccccc1. The lowest BCUT2D eigenvalue weighted by atomic mass is 9.98. The third kappa shape index (κ3) is 1.97. The van der Waals surface area contributed by atoms with Crippen LogP contribution in [0.15, 0.2) is 55.1 Å². The van der Waals surface area contributed by atoms with Crippen LogP contribution in [0.5, 0.6) is 0 Å². The lowest BCUT2D eigenvalue weighted by molar-refractivity contribution is 0.995. The quantitative estimate of drug-likeness (QED) is 0.602. The molecule has 16 heavy (non-hydrogen) atoms. The van der Waals surface area contributed by atoms with E-state index in [1.807, 2.05) is 48.5 Å². The Morgan fingerprint density at radius 1 is 1.12 bits per heavy atom. The highest BCUT2D eigenvalue weighted by Crippen LogP contribution is 2.25. The van der Waals surface area contributed by atoms with E-state index in [4.69, 9.17) is 5.84 Å². The van der Waals surface area contributed by atoms with Crippen molar-refractivity contribution in [1.82, 2.24) is 5.43 Å². The Bertz CT molecular complexity index is 489. The van der Waals surface area contributed by atoms with Crippen LogP contribution in [0.1, 0.15) is 5.56 Å². The number of nitrogens with two attached hydrogens (primary N) is 1. The van der Waals surface area contributed by atoms with Gasteiger partial charge in [0.25, 0.3) is 0 Å². The van der Waals surface area contributed by atoms with Gasteiger partial charge < -0.3 is 5.43 Å². The summed E-state index contributed by atoms with van der Waals surface area (Å²) < 4.78 is 0. The topological polar surface area (TPSA) is 38.0 Å². The van der Waals surface area contributed by atoms with E-state index < -0.39 is 0 Å². The molecule has 0 spiro atoms. The predicted molar refractivity (Wildman–Crippen MR) is 67.1 cm³/mol. The number of benzene rings is 2. The maximum absolute atomic E-state index is 5.39. The second kappa shape index (κ2) is 4.64. The Labute approximate surface area is 95.4 Å². The minimum Gasteiger partial charge on any atom is -0.324 e. The van der Waals surface area contributed by atoms with Gasteiger partial charge in [-0.15, -0.1) is 0 Å². The molecule has 2 heteroatoms. The number of hydrogen-bond acceptors (Lipinski definition) is 2. The predicted octanol–water partition coefficient (Wildman–Crippen LogP) is 2.59. The smallest absolute Gasteiger partial charge is 0.0492 e. The van der Waals surface area contributed by atoms with Gasteiger partial charge in [0.05, 0.1) is 0 Å². The van der Waals surface area contributed by atoms with Gasteiger partial charge in [-0.3, -0.25) is 5.84 Å². The summed E-state index contributed by atoms with van der Waals surface area (Å²) in [5.41, 5.74) is 6.35. The van der Waals surface area contributed by atoms with Crippen LogP contribution < -0.4 is 11.3 Å². The van der Waals surface area contributed by atoms with Crippen molar-refractivity contribution < 1.29 is 0 Å². The standard InChI is InChI=1S/C14H13N2/c1-11(16-15)13-9-5-6-10-14(13)12-7-3-2-4-8-12/h2-9,16H,1,15H2. The highest BCUT2D eigenvalue weighted by atomic mass is 15.2. The molecule has 0 saturated carbocycles. The van der Waals surface area contributed by atoms with Crippen LogP contribution in [0.2, 0.25) is 0 Å². The Morgan fingerprint density at radius 3 is 2.56 bits per heavy atom. The average molecular weight is 209 g/mol. The van der Waals surface area contributed by atoms with E-state index in [1.54, 1.807) is 0 Å². The first-order chi connectivity index (χ1) is 7.83. The van der Waals surface area contributed by atoms with Gasteiger partial charge in [-0.25, -0.2) is 0 Å². The Balaban J connectivity index is 2.53. The van der Waals surface area contributed by atoms with Gasteiger partial charge in [0.2, 0.25) is 0 Å². The zero-order valence-corrected chi connectivity index (χ0v) is 8.90. The first kappa shape index (κ1) is 10.5. The van der Waals surface area contributed by atoms with Crippen LogP contribution in [-0.4, -0.2) is 0 Å². The zero-order valence-electron chi connectivity index (χ0n) is 8.90. The van der Waals surface area contributed by atoms with Crippen LogP contribution in [0.25, 0.3) is 16.8 Å². The third-order valence-corrected chi connectivity index (χ3v) is 2.42. The molecule has 3 N–H and O–H groups in total. The van der Waals surface area contributed by atoms with Crippen molar-refractivity contribution in [2.24, 2.45) is 5.84 Å².